The molecule has 0 bridgehead atoms. The second kappa shape index (κ2) is 2.88. The Hall–Kier alpha value is -0.490. The summed E-state index contributed by atoms with van der Waals surface area (Å²) in [5.74, 6) is 0.231. The van der Waals surface area contributed by atoms with E-state index in [2.05, 4.69) is 26.8 Å². The number of hydrogen-bond acceptors (Lipinski definition) is 5. The Labute approximate surface area is 60.3 Å². The zero-order valence-electron chi connectivity index (χ0n) is 4.24. The first-order valence-electron chi connectivity index (χ1n) is 2.05. The summed E-state index contributed by atoms with van der Waals surface area (Å²) in [6.07, 6.45) is 1.28. The molecule has 1 N–H and O–H groups in total. The zero-order chi connectivity index (χ0) is 6.69. The molecule has 1 aromatic heterocycles. The van der Waals surface area contributed by atoms with Crippen LogP contribution in [0.5, 0.6) is 0 Å². The third-order valence-electron chi connectivity index (χ3n) is 0.691. The number of carbonyl (C=O) groups excluding carboxylic acids is 1. The Bertz CT molecular complexity index is 197. The van der Waals surface area contributed by atoms with E-state index in [9.17, 15) is 4.79 Å². The van der Waals surface area contributed by atoms with Gasteiger partial charge in [-0.2, -0.15) is 5.10 Å². The van der Waals surface area contributed by atoms with Gasteiger partial charge in [-0.1, -0.05) is 0 Å². The Morgan fingerprint density at radius 2 is 2.67 bits per heavy atom. The third kappa shape index (κ3) is 1.46. The van der Waals surface area contributed by atoms with Crippen molar-refractivity contribution in [3.63, 3.8) is 0 Å². The van der Waals surface area contributed by atoms with Crippen molar-refractivity contribution in [2.75, 3.05) is 0 Å². The Morgan fingerprint density at radius 1 is 1.89 bits per heavy atom. The number of nitrogens with one attached hydrogen (secondary N) is 1. The van der Waals surface area contributed by atoms with E-state index in [0.717, 1.165) is 10.8 Å². The van der Waals surface area contributed by atoms with Crippen molar-refractivity contribution in [1.82, 2.24) is 15.2 Å². The van der Waals surface area contributed by atoms with Gasteiger partial charge in [-0.3, -0.25) is 9.89 Å². The number of aromatic nitrogens is 3. The van der Waals surface area contributed by atoms with Crippen LogP contribution in [0, 0.1) is 0 Å². The normalized spacial score (nSPS) is 9.44. The second-order valence-corrected chi connectivity index (χ2v) is 2.31. The van der Waals surface area contributed by atoms with Crippen LogP contribution in [0.2, 0.25) is 0 Å². The van der Waals surface area contributed by atoms with Crippen molar-refractivity contribution in [2.24, 2.45) is 0 Å². The molecule has 0 aliphatic carbocycles. The van der Waals surface area contributed by atoms with Crippen LogP contribution in [-0.2, 0) is 0 Å². The molecule has 0 aliphatic heterocycles. The van der Waals surface area contributed by atoms with Crippen molar-refractivity contribution in [2.45, 2.75) is 0 Å². The minimum absolute atomic E-state index is 0.226. The van der Waals surface area contributed by atoms with Gasteiger partial charge in [0, 0.05) is 0 Å². The van der Waals surface area contributed by atoms with Gasteiger partial charge in [0.15, 0.2) is 0 Å². The smallest absolute Gasteiger partial charge is 0.266 e. The van der Waals surface area contributed by atoms with Gasteiger partial charge in [-0.05, 0) is 10.8 Å². The number of thiol groups is 1. The second-order valence-electron chi connectivity index (χ2n) is 1.21. The molecule has 1 heterocycles. The molecule has 0 aliphatic rings. The highest BCUT2D eigenvalue weighted by Gasteiger charge is 2.05. The topological polar surface area (TPSA) is 58.6 Å². The highest BCUT2D eigenvalue weighted by Crippen LogP contribution is 2.10. The summed E-state index contributed by atoms with van der Waals surface area (Å²) in [7, 11) is 0.804. The summed E-state index contributed by atoms with van der Waals surface area (Å²) in [4.78, 5) is 14.2. The van der Waals surface area contributed by atoms with E-state index in [1.807, 2.05) is 0 Å². The Kier molecular flexibility index (Phi) is 2.12. The molecular weight excluding hydrogens is 158 g/mol. The molecule has 1 rings (SSSR count). The minimum atomic E-state index is -0.226. The standard InChI is InChI=1S/C3H3N3OS2/c7-3(9-8)2-4-1-5-6-2/h1,8H,(H,4,5,6). The number of carbonyl (C=O) groups is 1. The maximum absolute atomic E-state index is 10.6. The molecule has 0 atom stereocenters. The van der Waals surface area contributed by atoms with Crippen LogP contribution in [0.15, 0.2) is 6.33 Å². The van der Waals surface area contributed by atoms with Crippen molar-refractivity contribution in [3.05, 3.63) is 12.2 Å². The number of aromatic amines is 1. The summed E-state index contributed by atoms with van der Waals surface area (Å²) in [6, 6.07) is 0. The van der Waals surface area contributed by atoms with Gasteiger partial charge in [-0.15, -0.1) is 11.7 Å². The lowest BCUT2D eigenvalue weighted by molar-refractivity contribution is 0.108. The average molecular weight is 161 g/mol. The highest BCUT2D eigenvalue weighted by molar-refractivity contribution is 8.75. The van der Waals surface area contributed by atoms with Crippen LogP contribution in [-0.4, -0.2) is 20.3 Å². The third-order valence-corrected chi connectivity index (χ3v) is 1.55. The van der Waals surface area contributed by atoms with E-state index in [4.69, 9.17) is 0 Å². The molecule has 0 radical (unpaired) electrons. The number of rotatable bonds is 1. The monoisotopic (exact) mass is 161 g/mol. The number of H-pyrrole nitrogens is 1. The van der Waals surface area contributed by atoms with Crippen LogP contribution in [0.1, 0.15) is 10.6 Å². The van der Waals surface area contributed by atoms with E-state index in [1.54, 1.807) is 0 Å². The summed E-state index contributed by atoms with van der Waals surface area (Å²) in [5, 5.41) is 5.67. The molecular formula is C3H3N3OS2. The molecule has 0 saturated heterocycles. The molecule has 6 heteroatoms. The van der Waals surface area contributed by atoms with Crippen molar-refractivity contribution >= 4 is 27.6 Å². The Morgan fingerprint density at radius 3 is 3.11 bits per heavy atom. The molecule has 0 saturated carbocycles. The maximum atomic E-state index is 10.6. The van der Waals surface area contributed by atoms with E-state index in [0.29, 0.717) is 0 Å². The van der Waals surface area contributed by atoms with Crippen molar-refractivity contribution in [3.8, 4) is 0 Å². The molecule has 1 aromatic rings. The quantitative estimate of drug-likeness (QED) is 0.466. The van der Waals surface area contributed by atoms with Crippen LogP contribution < -0.4 is 0 Å². The fourth-order valence-corrected chi connectivity index (χ4v) is 0.791. The molecule has 9 heavy (non-hydrogen) atoms. The lowest BCUT2D eigenvalue weighted by atomic mass is 10.7. The SMILES string of the molecule is O=C(SS)c1ncn[nH]1. The molecule has 48 valence electrons. The van der Waals surface area contributed by atoms with E-state index in [1.165, 1.54) is 6.33 Å². The van der Waals surface area contributed by atoms with E-state index >= 15 is 0 Å². The summed E-state index contributed by atoms with van der Waals surface area (Å²) < 4.78 is 0. The maximum Gasteiger partial charge on any atom is 0.266 e. The first-order valence-corrected chi connectivity index (χ1v) is 3.92. The van der Waals surface area contributed by atoms with E-state index in [-0.39, 0.29) is 10.9 Å². The summed E-state index contributed by atoms with van der Waals surface area (Å²) >= 11 is 3.68. The number of nitrogens with zero attached hydrogens (tertiary/aromatic N) is 2. The van der Waals surface area contributed by atoms with E-state index < -0.39 is 0 Å². The van der Waals surface area contributed by atoms with Crippen LogP contribution in [0.3, 0.4) is 0 Å². The summed E-state index contributed by atoms with van der Waals surface area (Å²) in [6.45, 7) is 0. The molecule has 0 unspecified atom stereocenters. The molecule has 0 amide bonds. The van der Waals surface area contributed by atoms with Gasteiger partial charge >= 0.3 is 0 Å². The first kappa shape index (κ1) is 6.63. The molecule has 4 nitrogen and oxygen atoms in total. The van der Waals surface area contributed by atoms with Gasteiger partial charge in [0.1, 0.15) is 6.33 Å². The first-order chi connectivity index (χ1) is 4.34. The fourth-order valence-electron chi connectivity index (χ4n) is 0.347. The van der Waals surface area contributed by atoms with Crippen LogP contribution >= 0.6 is 22.5 Å². The van der Waals surface area contributed by atoms with Crippen LogP contribution in [0.25, 0.3) is 0 Å². The zero-order valence-corrected chi connectivity index (χ0v) is 5.95. The predicted molar refractivity (Wildman–Crippen MR) is 37.3 cm³/mol. The molecule has 0 aromatic carbocycles. The van der Waals surface area contributed by atoms with Gasteiger partial charge < -0.3 is 0 Å². The molecule has 0 spiro atoms. The molecule has 0 fully saturated rings. The van der Waals surface area contributed by atoms with Gasteiger partial charge in [0.2, 0.25) is 5.82 Å². The average Bonchev–Trinajstić information content (AvgIpc) is 2.37. The Balaban J connectivity index is 2.77. The fraction of sp³-hybridized carbons (Fsp3) is 0. The lowest BCUT2D eigenvalue weighted by Crippen LogP contribution is -1.92. The van der Waals surface area contributed by atoms with Crippen molar-refractivity contribution in [1.29, 1.82) is 0 Å². The van der Waals surface area contributed by atoms with Gasteiger partial charge in [0.05, 0.1) is 0 Å². The largest absolute Gasteiger partial charge is 0.277 e. The lowest BCUT2D eigenvalue weighted by Gasteiger charge is -1.83. The van der Waals surface area contributed by atoms with Gasteiger partial charge in [-0.25, -0.2) is 4.98 Å². The highest BCUT2D eigenvalue weighted by atomic mass is 33.1. The minimum Gasteiger partial charge on any atom is -0.277 e. The van der Waals surface area contributed by atoms with Gasteiger partial charge in [0.25, 0.3) is 5.12 Å². The summed E-state index contributed by atoms with van der Waals surface area (Å²) in [5.41, 5.74) is 0. The number of hydrogen-bond donors (Lipinski definition) is 2. The van der Waals surface area contributed by atoms with Crippen LogP contribution in [0.4, 0.5) is 0 Å². The predicted octanol–water partition coefficient (Wildman–Crippen LogP) is 0.523. The van der Waals surface area contributed by atoms with Crippen molar-refractivity contribution < 1.29 is 4.79 Å².